The summed E-state index contributed by atoms with van der Waals surface area (Å²) in [7, 11) is 0. The number of aryl methyl sites for hydroxylation is 2. The zero-order valence-electron chi connectivity index (χ0n) is 11.8. The van der Waals surface area contributed by atoms with E-state index < -0.39 is 11.5 Å². The number of hydrogen-bond donors (Lipinski definition) is 1. The molecule has 0 aliphatic carbocycles. The minimum Gasteiger partial charge on any atom is -0.506 e. The number of carbonyl (C=O) groups is 1. The molecule has 3 rings (SSSR count). The highest BCUT2D eigenvalue weighted by atomic mass is 32.2. The summed E-state index contributed by atoms with van der Waals surface area (Å²) in [5.41, 5.74) is 1.01. The second-order valence-electron chi connectivity index (χ2n) is 4.83. The molecule has 0 atom stereocenters. The van der Waals surface area contributed by atoms with Crippen LogP contribution in [-0.4, -0.2) is 28.5 Å². The van der Waals surface area contributed by atoms with Gasteiger partial charge in [-0.2, -0.15) is 0 Å². The summed E-state index contributed by atoms with van der Waals surface area (Å²) in [6, 6.07) is 3.84. The van der Waals surface area contributed by atoms with Gasteiger partial charge in [0, 0.05) is 16.8 Å². The SMILES string of the molecule is CCOC(=O)c1c(O)c2cc(SC)cc3c2n(c1=O)CC3. The van der Waals surface area contributed by atoms with Crippen LogP contribution in [0.3, 0.4) is 0 Å². The molecule has 2 aromatic rings. The Kier molecular flexibility index (Phi) is 3.41. The van der Waals surface area contributed by atoms with E-state index in [2.05, 4.69) is 0 Å². The number of aromatic nitrogens is 1. The van der Waals surface area contributed by atoms with Crippen molar-refractivity contribution >= 4 is 28.6 Å². The van der Waals surface area contributed by atoms with Gasteiger partial charge >= 0.3 is 5.97 Å². The van der Waals surface area contributed by atoms with Crippen LogP contribution in [0.25, 0.3) is 10.9 Å². The first-order valence-electron chi connectivity index (χ1n) is 6.72. The number of thioether (sulfide) groups is 1. The molecule has 2 heterocycles. The summed E-state index contributed by atoms with van der Waals surface area (Å²) in [5, 5.41) is 10.9. The Hall–Kier alpha value is -1.95. The maximum atomic E-state index is 12.4. The minimum atomic E-state index is -0.770. The van der Waals surface area contributed by atoms with Crippen molar-refractivity contribution < 1.29 is 14.6 Å². The van der Waals surface area contributed by atoms with Gasteiger partial charge in [-0.05, 0) is 37.3 Å². The van der Waals surface area contributed by atoms with E-state index in [1.54, 1.807) is 23.3 Å². The Labute approximate surface area is 125 Å². The van der Waals surface area contributed by atoms with Gasteiger partial charge in [0.1, 0.15) is 5.75 Å². The first-order valence-corrected chi connectivity index (χ1v) is 7.94. The van der Waals surface area contributed by atoms with Crippen molar-refractivity contribution in [2.45, 2.75) is 24.8 Å². The van der Waals surface area contributed by atoms with Crippen molar-refractivity contribution in [2.75, 3.05) is 12.9 Å². The van der Waals surface area contributed by atoms with E-state index in [-0.39, 0.29) is 17.9 Å². The third-order valence-electron chi connectivity index (χ3n) is 3.70. The van der Waals surface area contributed by atoms with Gasteiger partial charge in [-0.15, -0.1) is 11.8 Å². The number of pyridine rings is 1. The standard InChI is InChI=1S/C15H15NO4S/c1-3-20-15(19)11-13(17)10-7-9(21-2)6-8-4-5-16(12(8)10)14(11)18/h6-7,17H,3-5H2,1-2H3. The number of benzene rings is 1. The number of hydrogen-bond acceptors (Lipinski definition) is 5. The molecule has 0 saturated carbocycles. The topological polar surface area (TPSA) is 68.5 Å². The Balaban J connectivity index is 2.39. The van der Waals surface area contributed by atoms with Crippen molar-refractivity contribution in [2.24, 2.45) is 0 Å². The molecule has 5 nitrogen and oxygen atoms in total. The maximum absolute atomic E-state index is 12.4. The van der Waals surface area contributed by atoms with Crippen molar-refractivity contribution in [3.8, 4) is 5.75 Å². The molecule has 1 aromatic heterocycles. The van der Waals surface area contributed by atoms with Crippen LogP contribution in [0.4, 0.5) is 0 Å². The summed E-state index contributed by atoms with van der Waals surface area (Å²) in [4.78, 5) is 25.4. The van der Waals surface area contributed by atoms with Gasteiger partial charge < -0.3 is 14.4 Å². The second kappa shape index (κ2) is 5.11. The zero-order valence-corrected chi connectivity index (χ0v) is 12.6. The molecule has 1 aliphatic rings. The number of nitrogens with zero attached hydrogens (tertiary/aromatic N) is 1. The number of aromatic hydroxyl groups is 1. The Morgan fingerprint density at radius 3 is 2.90 bits per heavy atom. The van der Waals surface area contributed by atoms with E-state index in [4.69, 9.17) is 4.74 Å². The van der Waals surface area contributed by atoms with Gasteiger partial charge in [0.2, 0.25) is 0 Å². The summed E-state index contributed by atoms with van der Waals surface area (Å²) in [5.74, 6) is -1.04. The first-order chi connectivity index (χ1) is 10.1. The summed E-state index contributed by atoms with van der Waals surface area (Å²) in [6.07, 6.45) is 2.67. The van der Waals surface area contributed by atoms with Crippen LogP contribution in [0.2, 0.25) is 0 Å². The number of rotatable bonds is 3. The fourth-order valence-corrected chi connectivity index (χ4v) is 3.27. The summed E-state index contributed by atoms with van der Waals surface area (Å²) in [6.45, 7) is 2.34. The lowest BCUT2D eigenvalue weighted by molar-refractivity contribution is 0.0520. The fourth-order valence-electron chi connectivity index (χ4n) is 2.78. The molecule has 0 spiro atoms. The Morgan fingerprint density at radius 2 is 2.24 bits per heavy atom. The van der Waals surface area contributed by atoms with Gasteiger partial charge in [-0.25, -0.2) is 4.79 Å². The second-order valence-corrected chi connectivity index (χ2v) is 5.71. The Morgan fingerprint density at radius 1 is 1.48 bits per heavy atom. The minimum absolute atomic E-state index is 0.159. The molecule has 0 unspecified atom stereocenters. The normalized spacial score (nSPS) is 12.9. The van der Waals surface area contributed by atoms with Gasteiger partial charge in [0.25, 0.3) is 5.56 Å². The van der Waals surface area contributed by atoms with Crippen LogP contribution in [-0.2, 0) is 17.7 Å². The lowest BCUT2D eigenvalue weighted by atomic mass is 10.1. The number of esters is 1. The fraction of sp³-hybridized carbons (Fsp3) is 0.333. The van der Waals surface area contributed by atoms with Crippen LogP contribution in [0, 0.1) is 0 Å². The molecule has 1 N–H and O–H groups in total. The highest BCUT2D eigenvalue weighted by Crippen LogP contribution is 2.35. The molecule has 0 saturated heterocycles. The highest BCUT2D eigenvalue weighted by molar-refractivity contribution is 7.98. The lowest BCUT2D eigenvalue weighted by Gasteiger charge is -2.11. The van der Waals surface area contributed by atoms with E-state index in [0.717, 1.165) is 22.4 Å². The van der Waals surface area contributed by atoms with Crippen molar-refractivity contribution in [1.82, 2.24) is 4.57 Å². The van der Waals surface area contributed by atoms with Crippen LogP contribution in [0.15, 0.2) is 21.8 Å². The molecule has 1 aromatic carbocycles. The van der Waals surface area contributed by atoms with Crippen molar-refractivity contribution in [1.29, 1.82) is 0 Å². The lowest BCUT2D eigenvalue weighted by Crippen LogP contribution is -2.26. The molecule has 0 amide bonds. The Bertz CT molecular complexity index is 810. The summed E-state index contributed by atoms with van der Waals surface area (Å²) >= 11 is 1.56. The zero-order chi connectivity index (χ0) is 15.1. The molecule has 110 valence electrons. The molecule has 6 heteroatoms. The van der Waals surface area contributed by atoms with Crippen LogP contribution in [0.5, 0.6) is 5.75 Å². The molecule has 1 aliphatic heterocycles. The predicted octanol–water partition coefficient (Wildman–Crippen LogP) is 2.16. The molecule has 0 bridgehead atoms. The summed E-state index contributed by atoms with van der Waals surface area (Å²) < 4.78 is 6.45. The van der Waals surface area contributed by atoms with E-state index in [0.29, 0.717) is 11.9 Å². The van der Waals surface area contributed by atoms with E-state index in [1.165, 1.54) is 0 Å². The largest absolute Gasteiger partial charge is 0.506 e. The van der Waals surface area contributed by atoms with Crippen LogP contribution >= 0.6 is 11.8 Å². The first kappa shape index (κ1) is 14.0. The molecule has 21 heavy (non-hydrogen) atoms. The van der Waals surface area contributed by atoms with Crippen molar-refractivity contribution in [3.05, 3.63) is 33.6 Å². The van der Waals surface area contributed by atoms with Crippen LogP contribution < -0.4 is 5.56 Å². The van der Waals surface area contributed by atoms with Gasteiger partial charge in [0.15, 0.2) is 5.56 Å². The average molecular weight is 305 g/mol. The van der Waals surface area contributed by atoms with Gasteiger partial charge in [-0.1, -0.05) is 0 Å². The average Bonchev–Trinajstić information content (AvgIpc) is 2.89. The monoisotopic (exact) mass is 305 g/mol. The van der Waals surface area contributed by atoms with Crippen molar-refractivity contribution in [3.63, 3.8) is 0 Å². The molecular formula is C15H15NO4S. The molecular weight excluding hydrogens is 290 g/mol. The van der Waals surface area contributed by atoms with E-state index in [1.807, 2.05) is 18.4 Å². The molecule has 0 radical (unpaired) electrons. The highest BCUT2D eigenvalue weighted by Gasteiger charge is 2.27. The maximum Gasteiger partial charge on any atom is 0.347 e. The number of ether oxygens (including phenoxy) is 1. The van der Waals surface area contributed by atoms with E-state index >= 15 is 0 Å². The predicted molar refractivity (Wildman–Crippen MR) is 81.3 cm³/mol. The quantitative estimate of drug-likeness (QED) is 0.695. The van der Waals surface area contributed by atoms with Crippen LogP contribution in [0.1, 0.15) is 22.8 Å². The number of carbonyl (C=O) groups excluding carboxylic acids is 1. The smallest absolute Gasteiger partial charge is 0.347 e. The van der Waals surface area contributed by atoms with Gasteiger partial charge in [0.05, 0.1) is 12.1 Å². The third-order valence-corrected chi connectivity index (χ3v) is 4.41. The molecule has 0 fully saturated rings. The van der Waals surface area contributed by atoms with Gasteiger partial charge in [-0.3, -0.25) is 4.79 Å². The van der Waals surface area contributed by atoms with E-state index in [9.17, 15) is 14.7 Å². The third kappa shape index (κ3) is 2.01.